The van der Waals surface area contributed by atoms with Crippen molar-refractivity contribution in [3.05, 3.63) is 71.2 Å². The minimum Gasteiger partial charge on any atom is -0.456 e. The van der Waals surface area contributed by atoms with Crippen LogP contribution in [0, 0.1) is 0 Å². The lowest BCUT2D eigenvalue weighted by molar-refractivity contribution is 0.669. The molecule has 0 saturated carbocycles. The molecule has 4 aromatic carbocycles. The molecule has 0 aliphatic heterocycles. The molecule has 0 N–H and O–H groups in total. The van der Waals surface area contributed by atoms with E-state index >= 15 is 0 Å². The molecule has 6 rings (SSSR count). The second-order valence-corrected chi connectivity index (χ2v) is 8.26. The van der Waals surface area contributed by atoms with Gasteiger partial charge in [-0.25, -0.2) is 0 Å². The molecule has 3 heteroatoms. The van der Waals surface area contributed by atoms with Crippen molar-refractivity contribution in [1.29, 1.82) is 0 Å². The summed E-state index contributed by atoms with van der Waals surface area (Å²) in [5.74, 6) is 0. The maximum absolute atomic E-state index is 6.24. The Morgan fingerprint density at radius 2 is 1.40 bits per heavy atom. The van der Waals surface area contributed by atoms with Gasteiger partial charge in [0.05, 0.1) is 0 Å². The van der Waals surface area contributed by atoms with Crippen LogP contribution < -0.4 is 0 Å². The van der Waals surface area contributed by atoms with Crippen LogP contribution in [0.25, 0.3) is 52.9 Å². The van der Waals surface area contributed by atoms with E-state index in [1.165, 1.54) is 41.7 Å². The molecule has 1 nitrogen and oxygen atoms in total. The van der Waals surface area contributed by atoms with Gasteiger partial charge in [0.25, 0.3) is 0 Å². The zero-order valence-electron chi connectivity index (χ0n) is 13.0. The van der Waals surface area contributed by atoms with Gasteiger partial charge in [-0.1, -0.05) is 58.4 Å². The van der Waals surface area contributed by atoms with Crippen molar-refractivity contribution < 1.29 is 4.42 Å². The van der Waals surface area contributed by atoms with Crippen molar-refractivity contribution in [3.63, 3.8) is 0 Å². The molecule has 6 aromatic rings. The first kappa shape index (κ1) is 13.9. The second kappa shape index (κ2) is 4.84. The lowest BCUT2D eigenvalue weighted by Crippen LogP contribution is -1.76. The SMILES string of the molecule is Brc1cc2oc3cc4c(cc3c2c2ccccc12)sc1ccccc14. The van der Waals surface area contributed by atoms with Gasteiger partial charge in [-0.3, -0.25) is 0 Å². The summed E-state index contributed by atoms with van der Waals surface area (Å²) < 4.78 is 9.94. The molecule has 118 valence electrons. The predicted molar refractivity (Wildman–Crippen MR) is 112 cm³/mol. The Balaban J connectivity index is 1.87. The van der Waals surface area contributed by atoms with Crippen molar-refractivity contribution in [2.75, 3.05) is 0 Å². The molecule has 0 fully saturated rings. The molecule has 0 spiro atoms. The van der Waals surface area contributed by atoms with Crippen molar-refractivity contribution in [3.8, 4) is 0 Å². The minimum atomic E-state index is 0.933. The summed E-state index contributed by atoms with van der Waals surface area (Å²) in [6, 6.07) is 23.6. The van der Waals surface area contributed by atoms with E-state index in [4.69, 9.17) is 4.42 Å². The minimum absolute atomic E-state index is 0.933. The van der Waals surface area contributed by atoms with Crippen LogP contribution in [-0.4, -0.2) is 0 Å². The molecule has 0 radical (unpaired) electrons. The topological polar surface area (TPSA) is 13.1 Å². The van der Waals surface area contributed by atoms with Crippen LogP contribution >= 0.6 is 27.3 Å². The summed E-state index contributed by atoms with van der Waals surface area (Å²) in [5.41, 5.74) is 1.89. The van der Waals surface area contributed by atoms with E-state index in [2.05, 4.69) is 82.7 Å². The van der Waals surface area contributed by atoms with Crippen LogP contribution in [0.2, 0.25) is 0 Å². The maximum Gasteiger partial charge on any atom is 0.137 e. The number of rotatable bonds is 0. The molecule has 0 atom stereocenters. The molecule has 25 heavy (non-hydrogen) atoms. The number of thiophene rings is 1. The van der Waals surface area contributed by atoms with E-state index in [9.17, 15) is 0 Å². The molecular weight excluding hydrogens is 392 g/mol. The first-order chi connectivity index (χ1) is 12.3. The average Bonchev–Trinajstić information content (AvgIpc) is 3.17. The van der Waals surface area contributed by atoms with E-state index in [0.717, 1.165) is 15.6 Å². The molecule has 2 aromatic heterocycles. The van der Waals surface area contributed by atoms with Gasteiger partial charge in [-0.05, 0) is 35.0 Å². The smallest absolute Gasteiger partial charge is 0.137 e. The molecule has 0 amide bonds. The average molecular weight is 403 g/mol. The van der Waals surface area contributed by atoms with Gasteiger partial charge >= 0.3 is 0 Å². The summed E-state index contributed by atoms with van der Waals surface area (Å²) in [6.07, 6.45) is 0. The fraction of sp³-hybridized carbons (Fsp3) is 0. The van der Waals surface area contributed by atoms with Crippen molar-refractivity contribution >= 4 is 80.1 Å². The lowest BCUT2D eigenvalue weighted by Gasteiger charge is -2.02. The Kier molecular flexibility index (Phi) is 2.69. The number of halogens is 1. The van der Waals surface area contributed by atoms with E-state index in [-0.39, 0.29) is 0 Å². The molecule has 0 aliphatic carbocycles. The Hall–Kier alpha value is -2.36. The molecular formula is C22H11BrOS. The number of hydrogen-bond donors (Lipinski definition) is 0. The normalized spacial score (nSPS) is 12.2. The van der Waals surface area contributed by atoms with Crippen molar-refractivity contribution in [2.24, 2.45) is 0 Å². The lowest BCUT2D eigenvalue weighted by atomic mass is 10.0. The van der Waals surface area contributed by atoms with Crippen LogP contribution in [0.3, 0.4) is 0 Å². The van der Waals surface area contributed by atoms with Gasteiger partial charge in [-0.15, -0.1) is 11.3 Å². The van der Waals surface area contributed by atoms with Gasteiger partial charge in [-0.2, -0.15) is 0 Å². The first-order valence-corrected chi connectivity index (χ1v) is 9.75. The van der Waals surface area contributed by atoms with Crippen LogP contribution in [0.15, 0.2) is 75.6 Å². The number of hydrogen-bond acceptors (Lipinski definition) is 2. The van der Waals surface area contributed by atoms with Gasteiger partial charge in [0.15, 0.2) is 0 Å². The largest absolute Gasteiger partial charge is 0.456 e. The van der Waals surface area contributed by atoms with E-state index in [1.54, 1.807) is 0 Å². The van der Waals surface area contributed by atoms with E-state index in [1.807, 2.05) is 11.3 Å². The fourth-order valence-electron chi connectivity index (χ4n) is 3.82. The van der Waals surface area contributed by atoms with Crippen LogP contribution in [-0.2, 0) is 0 Å². The van der Waals surface area contributed by atoms with Crippen LogP contribution in [0.5, 0.6) is 0 Å². The summed E-state index contributed by atoms with van der Waals surface area (Å²) >= 11 is 5.53. The summed E-state index contributed by atoms with van der Waals surface area (Å²) in [7, 11) is 0. The highest BCUT2D eigenvalue weighted by Gasteiger charge is 2.15. The summed E-state index contributed by atoms with van der Waals surface area (Å²) in [4.78, 5) is 0. The van der Waals surface area contributed by atoms with Gasteiger partial charge in [0, 0.05) is 35.4 Å². The quantitative estimate of drug-likeness (QED) is 0.252. The van der Waals surface area contributed by atoms with Crippen LogP contribution in [0.4, 0.5) is 0 Å². The monoisotopic (exact) mass is 402 g/mol. The Morgan fingerprint density at radius 1 is 0.640 bits per heavy atom. The molecule has 0 unspecified atom stereocenters. The van der Waals surface area contributed by atoms with Crippen molar-refractivity contribution in [1.82, 2.24) is 0 Å². The molecule has 0 aliphatic rings. The highest BCUT2D eigenvalue weighted by atomic mass is 79.9. The van der Waals surface area contributed by atoms with Crippen molar-refractivity contribution in [2.45, 2.75) is 0 Å². The van der Waals surface area contributed by atoms with E-state index in [0.29, 0.717) is 0 Å². The number of furan rings is 1. The Morgan fingerprint density at radius 3 is 2.28 bits per heavy atom. The maximum atomic E-state index is 6.24. The Labute approximate surface area is 155 Å². The number of benzene rings is 4. The zero-order chi connectivity index (χ0) is 16.5. The highest BCUT2D eigenvalue weighted by Crippen LogP contribution is 2.42. The number of fused-ring (bicyclic) bond motifs is 8. The molecule has 0 bridgehead atoms. The Bertz CT molecular complexity index is 1460. The van der Waals surface area contributed by atoms with Gasteiger partial charge < -0.3 is 4.42 Å². The second-order valence-electron chi connectivity index (χ2n) is 6.32. The summed E-state index contributed by atoms with van der Waals surface area (Å²) in [6.45, 7) is 0. The van der Waals surface area contributed by atoms with Gasteiger partial charge in [0.1, 0.15) is 11.2 Å². The van der Waals surface area contributed by atoms with Gasteiger partial charge in [0.2, 0.25) is 0 Å². The van der Waals surface area contributed by atoms with E-state index < -0.39 is 0 Å². The zero-order valence-corrected chi connectivity index (χ0v) is 15.4. The molecule has 2 heterocycles. The predicted octanol–water partition coefficient (Wildman–Crippen LogP) is 7.87. The molecule has 0 saturated heterocycles. The third-order valence-electron chi connectivity index (χ3n) is 4.93. The third-order valence-corrected chi connectivity index (χ3v) is 6.72. The first-order valence-electron chi connectivity index (χ1n) is 8.14. The van der Waals surface area contributed by atoms with Crippen LogP contribution in [0.1, 0.15) is 0 Å². The third kappa shape index (κ3) is 1.82. The highest BCUT2D eigenvalue weighted by molar-refractivity contribution is 9.10. The summed E-state index contributed by atoms with van der Waals surface area (Å²) in [5, 5.41) is 7.41. The fourth-order valence-corrected chi connectivity index (χ4v) is 5.50. The standard InChI is InChI=1S/C22H11BrOS/c23-17-11-19-22(14-7-2-1-5-12(14)17)16-10-21-15(9-18(16)24-19)13-6-3-4-8-20(13)25-21/h1-11H.